The third kappa shape index (κ3) is 5.59. The van der Waals surface area contributed by atoms with Gasteiger partial charge in [0.1, 0.15) is 11.9 Å². The SMILES string of the molecule is C=C(O)/C(O)=C1/C(=O)N(C2CCC(=O)NC2=O)C/C1=C(/O)NCc1cccc(CN2CCOCC2)c1F. The maximum Gasteiger partial charge on any atom is 0.259 e. The molecule has 12 heteroatoms. The van der Waals surface area contributed by atoms with E-state index < -0.39 is 52.6 Å². The molecule has 3 fully saturated rings. The van der Waals surface area contributed by atoms with Crippen LogP contribution in [0.3, 0.4) is 0 Å². The first-order chi connectivity index (χ1) is 17.7. The van der Waals surface area contributed by atoms with Gasteiger partial charge in [-0.15, -0.1) is 0 Å². The highest BCUT2D eigenvalue weighted by atomic mass is 19.1. The monoisotopic (exact) mass is 516 g/mol. The van der Waals surface area contributed by atoms with Crippen molar-refractivity contribution in [3.63, 3.8) is 0 Å². The van der Waals surface area contributed by atoms with E-state index in [-0.39, 0.29) is 37.1 Å². The average molecular weight is 517 g/mol. The molecule has 198 valence electrons. The first kappa shape index (κ1) is 26.2. The van der Waals surface area contributed by atoms with Crippen molar-refractivity contribution in [1.29, 1.82) is 0 Å². The van der Waals surface area contributed by atoms with Gasteiger partial charge in [-0.3, -0.25) is 24.6 Å². The number of ether oxygens (including phenoxy) is 1. The van der Waals surface area contributed by atoms with Crippen molar-refractivity contribution >= 4 is 17.7 Å². The standard InChI is InChI=1S/C25H29FN4O7/c1-14(31)22(33)20-17(13-30(25(20)36)18-5-6-19(32)28-24(18)35)23(34)27-11-15-3-2-4-16(21(15)26)12-29-7-9-37-10-8-29/h2-4,18,27,31,33-34H,1,5-13H2,(H,28,32,35)/b22-20-,23-17-. The molecule has 11 nitrogen and oxygen atoms in total. The Morgan fingerprint density at radius 3 is 2.54 bits per heavy atom. The third-order valence-corrected chi connectivity index (χ3v) is 6.59. The number of morpholine rings is 1. The number of hydrogen-bond acceptors (Lipinski definition) is 9. The largest absolute Gasteiger partial charge is 0.505 e. The smallest absolute Gasteiger partial charge is 0.259 e. The summed E-state index contributed by atoms with van der Waals surface area (Å²) >= 11 is 0. The number of hydrogen-bond donors (Lipinski definition) is 5. The van der Waals surface area contributed by atoms with Crippen LogP contribution in [0.2, 0.25) is 0 Å². The van der Waals surface area contributed by atoms with E-state index in [1.807, 2.05) is 0 Å². The summed E-state index contributed by atoms with van der Waals surface area (Å²) in [5.41, 5.74) is 0.213. The van der Waals surface area contributed by atoms with Crippen LogP contribution in [0.15, 0.2) is 53.3 Å². The second-order valence-corrected chi connectivity index (χ2v) is 9.03. The number of piperidine rings is 1. The highest BCUT2D eigenvalue weighted by molar-refractivity contribution is 6.07. The summed E-state index contributed by atoms with van der Waals surface area (Å²) in [6, 6.07) is 3.94. The fourth-order valence-corrected chi connectivity index (χ4v) is 4.58. The lowest BCUT2D eigenvalue weighted by atomic mass is 10.0. The zero-order valence-corrected chi connectivity index (χ0v) is 20.1. The molecule has 0 aromatic heterocycles. The molecule has 0 bridgehead atoms. The zero-order valence-electron chi connectivity index (χ0n) is 20.1. The van der Waals surface area contributed by atoms with Crippen LogP contribution in [0.4, 0.5) is 4.39 Å². The summed E-state index contributed by atoms with van der Waals surface area (Å²) in [6.45, 7) is 5.75. The second-order valence-electron chi connectivity index (χ2n) is 9.03. The highest BCUT2D eigenvalue weighted by Crippen LogP contribution is 2.32. The minimum atomic E-state index is -1.01. The van der Waals surface area contributed by atoms with Crippen LogP contribution >= 0.6 is 0 Å². The molecule has 5 N–H and O–H groups in total. The van der Waals surface area contributed by atoms with Crippen molar-refractivity contribution in [2.45, 2.75) is 32.0 Å². The number of aliphatic hydroxyl groups excluding tert-OH is 3. The number of likely N-dealkylation sites (tertiary alicyclic amines) is 1. The minimum Gasteiger partial charge on any atom is -0.505 e. The molecule has 3 heterocycles. The summed E-state index contributed by atoms with van der Waals surface area (Å²) in [7, 11) is 0. The van der Waals surface area contributed by atoms with Crippen LogP contribution in [-0.4, -0.2) is 81.7 Å². The van der Waals surface area contributed by atoms with E-state index in [9.17, 15) is 29.7 Å². The molecule has 1 unspecified atom stereocenters. The van der Waals surface area contributed by atoms with Crippen molar-refractivity contribution in [3.8, 4) is 0 Å². The lowest BCUT2D eigenvalue weighted by Gasteiger charge is -2.28. The number of benzene rings is 1. The van der Waals surface area contributed by atoms with E-state index in [4.69, 9.17) is 4.74 Å². The van der Waals surface area contributed by atoms with Crippen molar-refractivity contribution < 1.29 is 38.8 Å². The van der Waals surface area contributed by atoms with Gasteiger partial charge in [0.15, 0.2) is 17.4 Å². The van der Waals surface area contributed by atoms with Crippen LogP contribution in [0.1, 0.15) is 24.0 Å². The number of aliphatic hydroxyl groups is 3. The number of halogens is 1. The fraction of sp³-hybridized carbons (Fsp3) is 0.400. The van der Waals surface area contributed by atoms with E-state index in [1.54, 1.807) is 18.2 Å². The van der Waals surface area contributed by atoms with Crippen molar-refractivity contribution in [2.24, 2.45) is 0 Å². The van der Waals surface area contributed by atoms with Gasteiger partial charge in [-0.05, 0) is 6.42 Å². The third-order valence-electron chi connectivity index (χ3n) is 6.59. The Hall–Kier alpha value is -3.90. The molecule has 0 aliphatic carbocycles. The zero-order chi connectivity index (χ0) is 26.7. The van der Waals surface area contributed by atoms with Crippen molar-refractivity contribution in [1.82, 2.24) is 20.4 Å². The van der Waals surface area contributed by atoms with E-state index in [1.165, 1.54) is 0 Å². The van der Waals surface area contributed by atoms with Gasteiger partial charge < -0.3 is 30.3 Å². The molecule has 1 aromatic rings. The van der Waals surface area contributed by atoms with Crippen LogP contribution in [0.25, 0.3) is 0 Å². The summed E-state index contributed by atoms with van der Waals surface area (Å²) in [6.07, 6.45) is 0.0778. The predicted octanol–water partition coefficient (Wildman–Crippen LogP) is 1.05. The Labute approximate surface area is 212 Å². The van der Waals surface area contributed by atoms with Crippen LogP contribution < -0.4 is 10.6 Å². The molecule has 0 radical (unpaired) electrons. The van der Waals surface area contributed by atoms with Crippen molar-refractivity contribution in [2.75, 3.05) is 32.8 Å². The molecular formula is C25H29FN4O7. The Morgan fingerprint density at radius 1 is 1.16 bits per heavy atom. The first-order valence-electron chi connectivity index (χ1n) is 11.9. The van der Waals surface area contributed by atoms with Gasteiger partial charge in [0.05, 0.1) is 25.3 Å². The second kappa shape index (κ2) is 11.0. The molecule has 3 amide bonds. The Kier molecular flexibility index (Phi) is 7.79. The topological polar surface area (TPSA) is 152 Å². The molecule has 3 aliphatic heterocycles. The van der Waals surface area contributed by atoms with Crippen LogP contribution in [0.5, 0.6) is 0 Å². The van der Waals surface area contributed by atoms with E-state index in [2.05, 4.69) is 22.1 Å². The van der Waals surface area contributed by atoms with Gasteiger partial charge >= 0.3 is 0 Å². The van der Waals surface area contributed by atoms with Crippen molar-refractivity contribution in [3.05, 3.63) is 70.3 Å². The molecule has 3 aliphatic rings. The summed E-state index contributed by atoms with van der Waals surface area (Å²) in [5, 5.41) is 35.7. The molecule has 0 spiro atoms. The molecule has 3 saturated heterocycles. The Bertz CT molecular complexity index is 1190. The molecule has 1 aromatic carbocycles. The molecule has 4 rings (SSSR count). The summed E-state index contributed by atoms with van der Waals surface area (Å²) in [4.78, 5) is 40.1. The van der Waals surface area contributed by atoms with E-state index in [0.717, 1.165) is 4.90 Å². The quantitative estimate of drug-likeness (QED) is 0.203. The number of nitrogens with one attached hydrogen (secondary N) is 2. The van der Waals surface area contributed by atoms with Gasteiger partial charge in [0, 0.05) is 49.3 Å². The van der Waals surface area contributed by atoms with Crippen LogP contribution in [-0.2, 0) is 32.2 Å². The predicted molar refractivity (Wildman–Crippen MR) is 128 cm³/mol. The molecular weight excluding hydrogens is 487 g/mol. The normalized spacial score (nSPS) is 23.6. The average Bonchev–Trinajstić information content (AvgIpc) is 3.21. The van der Waals surface area contributed by atoms with E-state index >= 15 is 4.39 Å². The highest BCUT2D eigenvalue weighted by Gasteiger charge is 2.44. The first-order valence-corrected chi connectivity index (χ1v) is 11.9. The van der Waals surface area contributed by atoms with Crippen LogP contribution in [0, 0.1) is 5.82 Å². The lowest BCUT2D eigenvalue weighted by Crippen LogP contribution is -2.53. The lowest BCUT2D eigenvalue weighted by molar-refractivity contribution is -0.142. The fourth-order valence-electron chi connectivity index (χ4n) is 4.58. The van der Waals surface area contributed by atoms with Gasteiger partial charge in [0.25, 0.3) is 5.91 Å². The summed E-state index contributed by atoms with van der Waals surface area (Å²) in [5.74, 6) is -4.61. The minimum absolute atomic E-state index is 0.0152. The number of amides is 3. The number of nitrogens with zero attached hydrogens (tertiary/aromatic N) is 2. The number of carbonyl (C=O) groups excluding carboxylic acids is 3. The Morgan fingerprint density at radius 2 is 1.86 bits per heavy atom. The van der Waals surface area contributed by atoms with Gasteiger partial charge in [0.2, 0.25) is 11.8 Å². The summed E-state index contributed by atoms with van der Waals surface area (Å²) < 4.78 is 20.5. The molecule has 1 atom stereocenters. The van der Waals surface area contributed by atoms with Gasteiger partial charge in [-0.25, -0.2) is 4.39 Å². The maximum absolute atomic E-state index is 15.2. The number of rotatable bonds is 7. The molecule has 0 saturated carbocycles. The maximum atomic E-state index is 15.2. The Balaban J connectivity index is 1.56. The molecule has 37 heavy (non-hydrogen) atoms. The number of imide groups is 1. The van der Waals surface area contributed by atoms with Gasteiger partial charge in [-0.2, -0.15) is 0 Å². The van der Waals surface area contributed by atoms with E-state index in [0.29, 0.717) is 38.4 Å². The number of carbonyl (C=O) groups is 3. The van der Waals surface area contributed by atoms with Gasteiger partial charge in [-0.1, -0.05) is 24.8 Å².